The minimum atomic E-state index is -0.225. The molecule has 188 valence electrons. The fourth-order valence-electron chi connectivity index (χ4n) is 9.40. The van der Waals surface area contributed by atoms with Crippen LogP contribution in [0.5, 0.6) is 0 Å². The molecule has 4 fully saturated rings. The number of rotatable bonds is 5. The van der Waals surface area contributed by atoms with Crippen LogP contribution in [0.3, 0.4) is 0 Å². The van der Waals surface area contributed by atoms with Gasteiger partial charge in [-0.15, -0.1) is 0 Å². The second kappa shape index (κ2) is 9.20. The highest BCUT2D eigenvalue weighted by molar-refractivity contribution is 5.90. The van der Waals surface area contributed by atoms with Crippen LogP contribution in [0.15, 0.2) is 24.5 Å². The lowest BCUT2D eigenvalue weighted by atomic mass is 9.43. The van der Waals surface area contributed by atoms with E-state index in [1.54, 1.807) is 12.4 Å². The summed E-state index contributed by atoms with van der Waals surface area (Å²) >= 11 is 0. The Balaban J connectivity index is 1.25. The highest BCUT2D eigenvalue weighted by Crippen LogP contribution is 2.68. The highest BCUT2D eigenvalue weighted by atomic mass is 16.3. The average Bonchev–Trinajstić information content (AvgIpc) is 3.16. The predicted octanol–water partition coefficient (Wildman–Crippen LogP) is 5.43. The zero-order valence-electron chi connectivity index (χ0n) is 21.2. The van der Waals surface area contributed by atoms with Crippen molar-refractivity contribution in [2.75, 3.05) is 5.32 Å². The maximum atomic E-state index is 12.5. The van der Waals surface area contributed by atoms with Crippen molar-refractivity contribution < 1.29 is 15.0 Å². The van der Waals surface area contributed by atoms with Crippen molar-refractivity contribution in [3.05, 3.63) is 24.5 Å². The Morgan fingerprint density at radius 3 is 2.65 bits per heavy atom. The Morgan fingerprint density at radius 1 is 1.12 bits per heavy atom. The summed E-state index contributed by atoms with van der Waals surface area (Å²) < 4.78 is 0. The van der Waals surface area contributed by atoms with Crippen LogP contribution >= 0.6 is 0 Å². The number of pyridine rings is 1. The summed E-state index contributed by atoms with van der Waals surface area (Å²) in [5, 5.41) is 24.7. The van der Waals surface area contributed by atoms with Gasteiger partial charge in [0.15, 0.2) is 0 Å². The first-order chi connectivity index (χ1) is 16.2. The SMILES string of the molecule is C[C@H](CCC(=O)Nc1cccnc1)[C@@H]1CC[C@@H]2[C@H]3[C@@H](CC[C@@]21C)[C@@]1(C)CC[C@@H](O)C[C@@H]1C[C@@H]3O. The predicted molar refractivity (Wildman–Crippen MR) is 134 cm³/mol. The van der Waals surface area contributed by atoms with Crippen molar-refractivity contribution in [3.8, 4) is 0 Å². The van der Waals surface area contributed by atoms with Crippen molar-refractivity contribution in [1.82, 2.24) is 4.98 Å². The van der Waals surface area contributed by atoms with E-state index in [1.165, 1.54) is 25.7 Å². The molecule has 0 aromatic carbocycles. The second-order valence-electron chi connectivity index (χ2n) is 12.8. The molecular weight excluding hydrogens is 424 g/mol. The number of aromatic nitrogens is 1. The van der Waals surface area contributed by atoms with Gasteiger partial charge >= 0.3 is 0 Å². The molecule has 1 heterocycles. The van der Waals surface area contributed by atoms with E-state index in [-0.39, 0.29) is 28.9 Å². The number of anilines is 1. The van der Waals surface area contributed by atoms with Gasteiger partial charge in [0, 0.05) is 12.6 Å². The van der Waals surface area contributed by atoms with Crippen LogP contribution in [-0.2, 0) is 4.79 Å². The number of amides is 1. The van der Waals surface area contributed by atoms with Gasteiger partial charge in [0.1, 0.15) is 0 Å². The number of nitrogens with zero attached hydrogens (tertiary/aromatic N) is 1. The molecule has 0 bridgehead atoms. The molecule has 5 heteroatoms. The third-order valence-corrected chi connectivity index (χ3v) is 11.2. The van der Waals surface area contributed by atoms with Gasteiger partial charge in [0.25, 0.3) is 0 Å². The van der Waals surface area contributed by atoms with Crippen molar-refractivity contribution in [3.63, 3.8) is 0 Å². The van der Waals surface area contributed by atoms with Crippen molar-refractivity contribution in [2.45, 2.75) is 97.2 Å². The van der Waals surface area contributed by atoms with E-state index in [1.807, 2.05) is 12.1 Å². The number of hydrogen-bond donors (Lipinski definition) is 3. The monoisotopic (exact) mass is 468 g/mol. The average molecular weight is 469 g/mol. The summed E-state index contributed by atoms with van der Waals surface area (Å²) in [5.41, 5.74) is 1.30. The minimum absolute atomic E-state index is 0.0735. The fourth-order valence-corrected chi connectivity index (χ4v) is 9.40. The van der Waals surface area contributed by atoms with Crippen molar-refractivity contribution in [2.24, 2.45) is 46.3 Å². The number of fused-ring (bicyclic) bond motifs is 5. The first kappa shape index (κ1) is 24.2. The molecule has 5 nitrogen and oxygen atoms in total. The zero-order chi connectivity index (χ0) is 24.1. The van der Waals surface area contributed by atoms with Crippen LogP contribution in [0, 0.1) is 46.3 Å². The Hall–Kier alpha value is -1.46. The second-order valence-corrected chi connectivity index (χ2v) is 12.8. The van der Waals surface area contributed by atoms with Gasteiger partial charge in [-0.25, -0.2) is 0 Å². The van der Waals surface area contributed by atoms with Crippen LogP contribution in [0.25, 0.3) is 0 Å². The summed E-state index contributed by atoms with van der Waals surface area (Å²) in [6.07, 6.45) is 13.1. The molecular formula is C29H44N2O3. The lowest BCUT2D eigenvalue weighted by molar-refractivity contribution is -0.174. The van der Waals surface area contributed by atoms with Gasteiger partial charge in [-0.05, 0) is 116 Å². The smallest absolute Gasteiger partial charge is 0.224 e. The van der Waals surface area contributed by atoms with Gasteiger partial charge in [-0.2, -0.15) is 0 Å². The quantitative estimate of drug-likeness (QED) is 0.538. The number of aliphatic hydroxyl groups is 2. The van der Waals surface area contributed by atoms with Crippen molar-refractivity contribution in [1.29, 1.82) is 0 Å². The first-order valence-corrected chi connectivity index (χ1v) is 13.8. The lowest BCUT2D eigenvalue weighted by Crippen LogP contribution is -2.58. The third-order valence-electron chi connectivity index (χ3n) is 11.2. The molecule has 10 atom stereocenters. The molecule has 0 saturated heterocycles. The van der Waals surface area contributed by atoms with E-state index in [4.69, 9.17) is 0 Å². The number of hydrogen-bond acceptors (Lipinski definition) is 4. The lowest BCUT2D eigenvalue weighted by Gasteiger charge is -2.62. The number of carbonyl (C=O) groups excluding carboxylic acids is 1. The van der Waals surface area contributed by atoms with Gasteiger partial charge in [-0.1, -0.05) is 20.8 Å². The molecule has 1 aromatic heterocycles. The van der Waals surface area contributed by atoms with Gasteiger partial charge < -0.3 is 15.5 Å². The van der Waals surface area contributed by atoms with E-state index < -0.39 is 0 Å². The van der Waals surface area contributed by atoms with E-state index in [0.29, 0.717) is 41.9 Å². The molecule has 4 aliphatic rings. The molecule has 3 N–H and O–H groups in total. The largest absolute Gasteiger partial charge is 0.393 e. The maximum Gasteiger partial charge on any atom is 0.224 e. The molecule has 0 unspecified atom stereocenters. The molecule has 1 amide bonds. The van der Waals surface area contributed by atoms with Gasteiger partial charge in [0.2, 0.25) is 5.91 Å². The summed E-state index contributed by atoms with van der Waals surface area (Å²) in [7, 11) is 0. The third kappa shape index (κ3) is 4.11. The molecule has 5 rings (SSSR count). The minimum Gasteiger partial charge on any atom is -0.393 e. The Bertz CT molecular complexity index is 877. The topological polar surface area (TPSA) is 82.5 Å². The molecule has 0 aliphatic heterocycles. The standard InChI is InChI=1S/C29H44N2O3/c1-18(6-9-26(34)31-20-5-4-14-30-17-20)22-7-8-23-27-24(11-13-29(22,23)3)28(2)12-10-21(32)15-19(28)16-25(27)33/h4-5,14,17-19,21-25,27,32-33H,6-13,15-16H2,1-3H3,(H,31,34)/t18-,19-,21-,22+,23-,24-,25+,27+,28+,29-/m1/s1. The molecule has 34 heavy (non-hydrogen) atoms. The van der Waals surface area contributed by atoms with Crippen LogP contribution in [0.2, 0.25) is 0 Å². The van der Waals surface area contributed by atoms with Gasteiger partial charge in [-0.3, -0.25) is 9.78 Å². The van der Waals surface area contributed by atoms with Crippen LogP contribution in [-0.4, -0.2) is 33.3 Å². The number of nitrogens with one attached hydrogen (secondary N) is 1. The van der Waals surface area contributed by atoms with Crippen LogP contribution < -0.4 is 5.32 Å². The summed E-state index contributed by atoms with van der Waals surface area (Å²) in [5.74, 6) is 3.24. The van der Waals surface area contributed by atoms with E-state index in [2.05, 4.69) is 31.1 Å². The summed E-state index contributed by atoms with van der Waals surface area (Å²) in [6, 6.07) is 3.72. The molecule has 1 aromatic rings. The van der Waals surface area contributed by atoms with Crippen LogP contribution in [0.1, 0.15) is 85.0 Å². The van der Waals surface area contributed by atoms with E-state index >= 15 is 0 Å². The van der Waals surface area contributed by atoms with E-state index in [9.17, 15) is 15.0 Å². The Labute approximate surface area is 205 Å². The fraction of sp³-hybridized carbons (Fsp3) is 0.793. The zero-order valence-corrected chi connectivity index (χ0v) is 21.2. The summed E-state index contributed by atoms with van der Waals surface area (Å²) in [4.78, 5) is 16.6. The Morgan fingerprint density at radius 2 is 1.88 bits per heavy atom. The number of carbonyl (C=O) groups is 1. The summed E-state index contributed by atoms with van der Waals surface area (Å²) in [6.45, 7) is 7.33. The Kier molecular flexibility index (Phi) is 6.56. The molecule has 4 aliphatic carbocycles. The van der Waals surface area contributed by atoms with Gasteiger partial charge in [0.05, 0.1) is 24.1 Å². The van der Waals surface area contributed by atoms with Crippen molar-refractivity contribution >= 4 is 11.6 Å². The molecule has 0 radical (unpaired) electrons. The molecule has 0 spiro atoms. The van der Waals surface area contributed by atoms with Crippen LogP contribution in [0.4, 0.5) is 5.69 Å². The normalized spacial score (nSPS) is 44.4. The first-order valence-electron chi connectivity index (χ1n) is 13.8. The number of aliphatic hydroxyl groups excluding tert-OH is 2. The molecule has 4 saturated carbocycles. The highest BCUT2D eigenvalue weighted by Gasteiger charge is 2.62. The maximum absolute atomic E-state index is 12.5. The van der Waals surface area contributed by atoms with E-state index in [0.717, 1.165) is 37.8 Å².